The molecule has 0 radical (unpaired) electrons. The van der Waals surface area contributed by atoms with Gasteiger partial charge in [-0.15, -0.1) is 0 Å². The number of piperidine rings is 1. The molecule has 0 spiro atoms. The van der Waals surface area contributed by atoms with Crippen LogP contribution in [0.5, 0.6) is 0 Å². The summed E-state index contributed by atoms with van der Waals surface area (Å²) in [5.41, 5.74) is 4.89. The minimum absolute atomic E-state index is 0.0424. The van der Waals surface area contributed by atoms with Crippen molar-refractivity contribution in [3.63, 3.8) is 0 Å². The summed E-state index contributed by atoms with van der Waals surface area (Å²) in [5, 5.41) is 15.9. The Balaban J connectivity index is 1.07. The summed E-state index contributed by atoms with van der Waals surface area (Å²) >= 11 is 0. The molecule has 1 saturated carbocycles. The highest BCUT2D eigenvalue weighted by Crippen LogP contribution is 2.42. The van der Waals surface area contributed by atoms with Gasteiger partial charge in [0.2, 0.25) is 21.8 Å². The number of hydrogen-bond acceptors (Lipinski definition) is 8. The highest BCUT2D eigenvalue weighted by Gasteiger charge is 2.44. The normalized spacial score (nSPS) is 24.0. The third-order valence-corrected chi connectivity index (χ3v) is 13.8. The largest absolute Gasteiger partial charge is 0.392 e. The lowest BCUT2D eigenvalue weighted by atomic mass is 9.75. The van der Waals surface area contributed by atoms with Gasteiger partial charge in [0.25, 0.3) is 0 Å². The highest BCUT2D eigenvalue weighted by atomic mass is 32.2. The summed E-state index contributed by atoms with van der Waals surface area (Å²) in [6.07, 6.45) is 6.13. The second-order valence-corrected chi connectivity index (χ2v) is 19.8. The first kappa shape index (κ1) is 44.6. The zero-order valence-corrected chi connectivity index (χ0v) is 36.7. The van der Waals surface area contributed by atoms with Crippen LogP contribution in [0.15, 0.2) is 108 Å². The van der Waals surface area contributed by atoms with Gasteiger partial charge in [0.05, 0.1) is 29.8 Å². The van der Waals surface area contributed by atoms with Crippen molar-refractivity contribution in [1.82, 2.24) is 20.3 Å². The molecule has 2 amide bonds. The van der Waals surface area contributed by atoms with Crippen LogP contribution >= 0.6 is 0 Å². The van der Waals surface area contributed by atoms with E-state index >= 15 is 0 Å². The lowest BCUT2D eigenvalue weighted by molar-refractivity contribution is -0.255. The number of carbonyl (C=O) groups is 2. The Kier molecular flexibility index (Phi) is 14.4. The summed E-state index contributed by atoms with van der Waals surface area (Å²) in [7, 11) is -3.98. The fourth-order valence-electron chi connectivity index (χ4n) is 9.11. The average molecular weight is 851 g/mol. The van der Waals surface area contributed by atoms with Gasteiger partial charge in [-0.2, -0.15) is 4.72 Å². The first-order valence-corrected chi connectivity index (χ1v) is 23.3. The molecule has 0 bridgehead atoms. The predicted octanol–water partition coefficient (Wildman–Crippen LogP) is 7.18. The average Bonchev–Trinajstić information content (AvgIpc) is 3.25. The van der Waals surface area contributed by atoms with Gasteiger partial charge in [0.1, 0.15) is 6.04 Å². The van der Waals surface area contributed by atoms with Crippen molar-refractivity contribution in [2.24, 2.45) is 5.92 Å². The Morgan fingerprint density at radius 2 is 1.48 bits per heavy atom. The van der Waals surface area contributed by atoms with Crippen molar-refractivity contribution >= 4 is 21.8 Å². The zero-order valence-electron chi connectivity index (χ0n) is 35.9. The number of rotatable bonds is 14. The second kappa shape index (κ2) is 19.7. The van der Waals surface area contributed by atoms with E-state index < -0.39 is 28.3 Å². The number of likely N-dealkylation sites (tertiary alicyclic amines) is 1. The van der Waals surface area contributed by atoms with Gasteiger partial charge < -0.3 is 25.2 Å². The number of benzene rings is 4. The van der Waals surface area contributed by atoms with Crippen molar-refractivity contribution in [1.29, 1.82) is 0 Å². The molecule has 4 aromatic carbocycles. The Morgan fingerprint density at radius 1 is 0.803 bits per heavy atom. The summed E-state index contributed by atoms with van der Waals surface area (Å²) in [6, 6.07) is 30.5. The smallest absolute Gasteiger partial charge is 0.241 e. The molecule has 3 fully saturated rings. The molecule has 7 rings (SSSR count). The minimum atomic E-state index is -3.98. The van der Waals surface area contributed by atoms with Crippen LogP contribution in [0.2, 0.25) is 0 Å². The summed E-state index contributed by atoms with van der Waals surface area (Å²) in [6.45, 7) is 8.72. The number of sulfonamides is 1. The van der Waals surface area contributed by atoms with Crippen molar-refractivity contribution in [3.05, 3.63) is 137 Å². The van der Waals surface area contributed by atoms with Gasteiger partial charge in [-0.05, 0) is 100 Å². The fourth-order valence-corrected chi connectivity index (χ4v) is 10.3. The Bertz CT molecular complexity index is 2180. The van der Waals surface area contributed by atoms with Crippen LogP contribution in [0.25, 0.3) is 0 Å². The maximum atomic E-state index is 13.9. The number of aliphatic hydroxyl groups is 1. The lowest BCUT2D eigenvalue weighted by Gasteiger charge is -2.50. The number of nitrogens with zero attached hydrogens (tertiary/aromatic N) is 1. The van der Waals surface area contributed by atoms with Gasteiger partial charge in [-0.25, -0.2) is 8.42 Å². The number of fused-ring (bicyclic) bond motifs is 1. The van der Waals surface area contributed by atoms with Crippen LogP contribution in [-0.2, 0) is 48.7 Å². The molecule has 1 aliphatic carbocycles. The van der Waals surface area contributed by atoms with Gasteiger partial charge >= 0.3 is 0 Å². The third-order valence-electron chi connectivity index (χ3n) is 12.3. The summed E-state index contributed by atoms with van der Waals surface area (Å²) < 4.78 is 43.0. The van der Waals surface area contributed by atoms with Crippen molar-refractivity contribution < 1.29 is 32.6 Å². The van der Waals surface area contributed by atoms with Crippen molar-refractivity contribution in [2.45, 2.75) is 139 Å². The molecule has 0 unspecified atom stereocenters. The molecular weight excluding hydrogens is 789 g/mol. The molecule has 7 atom stereocenters. The molecular formula is C49H62N4O7S. The maximum Gasteiger partial charge on any atom is 0.241 e. The maximum absolute atomic E-state index is 13.9. The van der Waals surface area contributed by atoms with Crippen LogP contribution in [0.3, 0.4) is 0 Å². The van der Waals surface area contributed by atoms with Gasteiger partial charge in [0, 0.05) is 36.7 Å². The predicted molar refractivity (Wildman–Crippen MR) is 236 cm³/mol. The first-order chi connectivity index (χ1) is 29.2. The zero-order chi connectivity index (χ0) is 43.1. The fraction of sp³-hybridized carbons (Fsp3) is 0.469. The van der Waals surface area contributed by atoms with E-state index in [0.29, 0.717) is 24.9 Å². The standard InChI is InChI=1S/C49H62N4O7S/c1-33-14-25-41(26-15-33)61(57,58)52-42(28-34-10-6-5-7-11-34)46(55)50-30-35-16-22-39(23-17-35)48-59-40(29-45(60-48)38-20-18-36(32-54)19-21-38)31-53-43-13-9-8-12-37(43)24-27-44(53)47(56)51-49(2,3)4/h5-7,10-11,14-23,25-26,37,40,42-45,48,52,54H,8-9,12-13,24,27-32H2,1-4H3,(H,50,55)(H,51,56)/t37-,40-,42-,43-,44-,45+,48+/m1/s1. The molecule has 12 heteroatoms. The summed E-state index contributed by atoms with van der Waals surface area (Å²) in [5.74, 6) is 0.210. The lowest BCUT2D eigenvalue weighted by Crippen LogP contribution is -2.61. The van der Waals surface area contributed by atoms with Gasteiger partial charge in [-0.3, -0.25) is 14.5 Å². The quantitative estimate of drug-likeness (QED) is 0.105. The second-order valence-electron chi connectivity index (χ2n) is 18.1. The van der Waals surface area contributed by atoms with Crippen LogP contribution < -0.4 is 15.4 Å². The number of nitrogens with one attached hydrogen (secondary N) is 3. The monoisotopic (exact) mass is 850 g/mol. The van der Waals surface area contributed by atoms with Crippen molar-refractivity contribution in [2.75, 3.05) is 6.54 Å². The molecule has 4 aromatic rings. The van der Waals surface area contributed by atoms with E-state index in [1.54, 1.807) is 12.1 Å². The number of aryl methyl sites for hydroxylation is 1. The number of aliphatic hydroxyl groups excluding tert-OH is 1. The Hall–Kier alpha value is -4.43. The van der Waals surface area contributed by atoms with Crippen LogP contribution in [0.1, 0.15) is 111 Å². The minimum Gasteiger partial charge on any atom is -0.392 e. The molecule has 11 nitrogen and oxygen atoms in total. The van der Waals surface area contributed by atoms with E-state index in [2.05, 4.69) is 20.3 Å². The van der Waals surface area contributed by atoms with E-state index in [1.807, 2.05) is 107 Å². The molecule has 2 heterocycles. The van der Waals surface area contributed by atoms with E-state index in [0.717, 1.165) is 59.1 Å². The van der Waals surface area contributed by atoms with E-state index in [-0.39, 0.29) is 54.2 Å². The third kappa shape index (κ3) is 11.7. The molecule has 3 aliphatic rings. The van der Waals surface area contributed by atoms with Gasteiger partial charge in [0.15, 0.2) is 6.29 Å². The van der Waals surface area contributed by atoms with E-state index in [1.165, 1.54) is 25.0 Å². The Labute approximate surface area is 361 Å². The molecule has 2 aliphatic heterocycles. The SMILES string of the molecule is Cc1ccc(S(=O)(=O)N[C@H](Cc2ccccc2)C(=O)NCc2ccc([C@H]3O[C@@H](CN4[C@@H](C(=O)NC(C)(C)C)CC[C@H]5CCCC[C@H]54)C[C@@H](c4ccc(CO)cc4)O3)cc2)cc1. The number of carbonyl (C=O) groups excluding carboxylic acids is 2. The Morgan fingerprint density at radius 3 is 2.16 bits per heavy atom. The van der Waals surface area contributed by atoms with Crippen LogP contribution in [0, 0.1) is 12.8 Å². The first-order valence-electron chi connectivity index (χ1n) is 21.8. The molecule has 326 valence electrons. The van der Waals surface area contributed by atoms with Crippen LogP contribution in [0.4, 0.5) is 0 Å². The highest BCUT2D eigenvalue weighted by molar-refractivity contribution is 7.89. The molecule has 4 N–H and O–H groups in total. The van der Waals surface area contributed by atoms with E-state index in [9.17, 15) is 23.1 Å². The molecule has 2 saturated heterocycles. The van der Waals surface area contributed by atoms with Crippen LogP contribution in [-0.4, -0.2) is 66.6 Å². The molecule has 61 heavy (non-hydrogen) atoms. The van der Waals surface area contributed by atoms with Gasteiger partial charge in [-0.1, -0.05) is 109 Å². The van der Waals surface area contributed by atoms with Crippen molar-refractivity contribution in [3.8, 4) is 0 Å². The number of amides is 2. The number of ether oxygens (including phenoxy) is 2. The molecule has 0 aromatic heterocycles. The topological polar surface area (TPSA) is 146 Å². The summed E-state index contributed by atoms with van der Waals surface area (Å²) in [4.78, 5) is 30.1. The number of hydrogen-bond donors (Lipinski definition) is 4. The van der Waals surface area contributed by atoms with E-state index in [4.69, 9.17) is 9.47 Å².